The maximum atomic E-state index is 6.11. The van der Waals surface area contributed by atoms with Crippen LogP contribution in [0.3, 0.4) is 0 Å². The lowest BCUT2D eigenvalue weighted by Gasteiger charge is -2.44. The van der Waals surface area contributed by atoms with Gasteiger partial charge in [0.05, 0.1) is 7.11 Å². The van der Waals surface area contributed by atoms with Crippen LogP contribution in [0.2, 0.25) is 0 Å². The zero-order valence-corrected chi connectivity index (χ0v) is 13.6. The second-order valence-electron chi connectivity index (χ2n) is 5.77. The van der Waals surface area contributed by atoms with E-state index < -0.39 is 0 Å². The van der Waals surface area contributed by atoms with Gasteiger partial charge in [0.1, 0.15) is 5.75 Å². The molecule has 0 saturated carbocycles. The summed E-state index contributed by atoms with van der Waals surface area (Å²) in [4.78, 5) is 2.53. The molecule has 2 unspecified atom stereocenters. The maximum Gasteiger partial charge on any atom is 0.118 e. The summed E-state index contributed by atoms with van der Waals surface area (Å²) >= 11 is 0. The molecule has 0 bridgehead atoms. The Morgan fingerprint density at radius 2 is 1.85 bits per heavy atom. The summed E-state index contributed by atoms with van der Waals surface area (Å²) < 4.78 is 5.21. The smallest absolute Gasteiger partial charge is 0.118 e. The zero-order valence-electron chi connectivity index (χ0n) is 13.6. The predicted molar refractivity (Wildman–Crippen MR) is 86.3 cm³/mol. The third-order valence-electron chi connectivity index (χ3n) is 4.34. The molecule has 0 heterocycles. The van der Waals surface area contributed by atoms with Crippen LogP contribution in [0.15, 0.2) is 24.3 Å². The van der Waals surface area contributed by atoms with Crippen LogP contribution in [0.1, 0.15) is 39.7 Å². The fourth-order valence-corrected chi connectivity index (χ4v) is 2.92. The Hall–Kier alpha value is -1.06. The summed E-state index contributed by atoms with van der Waals surface area (Å²) in [5, 5.41) is 0. The molecule has 0 aromatic heterocycles. The molecular weight excluding hydrogens is 248 g/mol. The molecule has 0 aliphatic rings. The van der Waals surface area contributed by atoms with E-state index in [1.807, 2.05) is 12.1 Å². The standard InChI is InChI=1S/C17H30N2O/c1-6-14(3)19(7-2)17(4,13-18)12-15-8-10-16(20-5)11-9-15/h8-11,14H,6-7,12-13,18H2,1-5H3. The second-order valence-corrected chi connectivity index (χ2v) is 5.77. The number of nitrogens with zero attached hydrogens (tertiary/aromatic N) is 1. The van der Waals surface area contributed by atoms with Crippen molar-refractivity contribution in [2.24, 2.45) is 5.73 Å². The first kappa shape index (κ1) is 17.0. The van der Waals surface area contributed by atoms with Gasteiger partial charge in [-0.2, -0.15) is 0 Å². The molecule has 114 valence electrons. The van der Waals surface area contributed by atoms with E-state index in [0.29, 0.717) is 12.6 Å². The molecule has 3 nitrogen and oxygen atoms in total. The summed E-state index contributed by atoms with van der Waals surface area (Å²) in [7, 11) is 1.70. The first-order valence-corrected chi connectivity index (χ1v) is 7.60. The minimum absolute atomic E-state index is 0.00123. The molecule has 2 atom stereocenters. The number of ether oxygens (including phenoxy) is 1. The number of likely N-dealkylation sites (N-methyl/N-ethyl adjacent to an activating group) is 1. The lowest BCUT2D eigenvalue weighted by atomic mass is 9.89. The van der Waals surface area contributed by atoms with Gasteiger partial charge in [-0.25, -0.2) is 0 Å². The molecule has 0 saturated heterocycles. The number of rotatable bonds is 8. The zero-order chi connectivity index (χ0) is 15.2. The van der Waals surface area contributed by atoms with E-state index in [9.17, 15) is 0 Å². The van der Waals surface area contributed by atoms with E-state index in [1.54, 1.807) is 7.11 Å². The first-order chi connectivity index (χ1) is 9.50. The number of hydrogen-bond acceptors (Lipinski definition) is 3. The Morgan fingerprint density at radius 3 is 2.25 bits per heavy atom. The minimum Gasteiger partial charge on any atom is -0.497 e. The van der Waals surface area contributed by atoms with Gasteiger partial charge in [0.15, 0.2) is 0 Å². The third kappa shape index (κ3) is 3.97. The van der Waals surface area contributed by atoms with Gasteiger partial charge in [-0.15, -0.1) is 0 Å². The highest BCUT2D eigenvalue weighted by atomic mass is 16.5. The Kier molecular flexibility index (Phi) is 6.50. The average molecular weight is 278 g/mol. The largest absolute Gasteiger partial charge is 0.497 e. The SMILES string of the molecule is CCC(C)N(CC)C(C)(CN)Cc1ccc(OC)cc1. The number of benzene rings is 1. The summed E-state index contributed by atoms with van der Waals surface area (Å²) in [5.74, 6) is 0.900. The van der Waals surface area contributed by atoms with E-state index in [0.717, 1.165) is 25.1 Å². The van der Waals surface area contributed by atoms with Crippen LogP contribution in [0.4, 0.5) is 0 Å². The molecule has 1 rings (SSSR count). The van der Waals surface area contributed by atoms with Crippen LogP contribution in [0.25, 0.3) is 0 Å². The van der Waals surface area contributed by atoms with Crippen LogP contribution in [0.5, 0.6) is 5.75 Å². The van der Waals surface area contributed by atoms with Crippen LogP contribution in [-0.4, -0.2) is 36.7 Å². The topological polar surface area (TPSA) is 38.5 Å². The molecule has 0 aliphatic carbocycles. The number of nitrogens with two attached hydrogens (primary N) is 1. The van der Waals surface area contributed by atoms with Gasteiger partial charge in [0.2, 0.25) is 0 Å². The molecule has 20 heavy (non-hydrogen) atoms. The minimum atomic E-state index is -0.00123. The molecule has 2 N–H and O–H groups in total. The molecule has 0 amide bonds. The van der Waals surface area contributed by atoms with Crippen LogP contribution >= 0.6 is 0 Å². The van der Waals surface area contributed by atoms with Gasteiger partial charge in [0.25, 0.3) is 0 Å². The van der Waals surface area contributed by atoms with Crippen LogP contribution < -0.4 is 10.5 Å². The molecule has 3 heteroatoms. The van der Waals surface area contributed by atoms with E-state index in [2.05, 4.69) is 44.7 Å². The van der Waals surface area contributed by atoms with Gasteiger partial charge in [-0.05, 0) is 50.9 Å². The first-order valence-electron chi connectivity index (χ1n) is 7.60. The second kappa shape index (κ2) is 7.65. The monoisotopic (exact) mass is 278 g/mol. The Morgan fingerprint density at radius 1 is 1.25 bits per heavy atom. The summed E-state index contributed by atoms with van der Waals surface area (Å²) in [6.07, 6.45) is 2.11. The van der Waals surface area contributed by atoms with Crippen molar-refractivity contribution in [2.75, 3.05) is 20.2 Å². The summed E-state index contributed by atoms with van der Waals surface area (Å²) in [5.41, 5.74) is 7.42. The van der Waals surface area contributed by atoms with Gasteiger partial charge in [-0.1, -0.05) is 26.0 Å². The molecule has 1 aromatic rings. The molecule has 0 fully saturated rings. The highest BCUT2D eigenvalue weighted by Gasteiger charge is 2.32. The van der Waals surface area contributed by atoms with Crippen molar-refractivity contribution >= 4 is 0 Å². The Labute approximate surface area is 124 Å². The fraction of sp³-hybridized carbons (Fsp3) is 0.647. The van der Waals surface area contributed by atoms with Gasteiger partial charge < -0.3 is 10.5 Å². The molecule has 0 aliphatic heterocycles. The van der Waals surface area contributed by atoms with Crippen LogP contribution in [-0.2, 0) is 6.42 Å². The quantitative estimate of drug-likeness (QED) is 0.794. The summed E-state index contributed by atoms with van der Waals surface area (Å²) in [6.45, 7) is 10.7. The molecule has 0 radical (unpaired) electrons. The highest BCUT2D eigenvalue weighted by Crippen LogP contribution is 2.24. The molecular formula is C17H30N2O. The van der Waals surface area contributed by atoms with Gasteiger partial charge >= 0.3 is 0 Å². The normalized spacial score (nSPS) is 15.9. The Bertz CT molecular complexity index is 390. The van der Waals surface area contributed by atoms with E-state index in [4.69, 9.17) is 10.5 Å². The Balaban J connectivity index is 2.91. The van der Waals surface area contributed by atoms with Crippen molar-refractivity contribution in [3.05, 3.63) is 29.8 Å². The van der Waals surface area contributed by atoms with E-state index in [-0.39, 0.29) is 5.54 Å². The number of methoxy groups -OCH3 is 1. The van der Waals surface area contributed by atoms with E-state index >= 15 is 0 Å². The number of hydrogen-bond donors (Lipinski definition) is 1. The van der Waals surface area contributed by atoms with Crippen LogP contribution in [0, 0.1) is 0 Å². The molecule has 1 aromatic carbocycles. The van der Waals surface area contributed by atoms with Crippen molar-refractivity contribution < 1.29 is 4.74 Å². The van der Waals surface area contributed by atoms with Crippen molar-refractivity contribution in [3.8, 4) is 5.75 Å². The van der Waals surface area contributed by atoms with Crippen molar-refractivity contribution in [3.63, 3.8) is 0 Å². The van der Waals surface area contributed by atoms with Crippen molar-refractivity contribution in [1.82, 2.24) is 4.90 Å². The van der Waals surface area contributed by atoms with Crippen molar-refractivity contribution in [1.29, 1.82) is 0 Å². The fourth-order valence-electron chi connectivity index (χ4n) is 2.92. The van der Waals surface area contributed by atoms with Gasteiger partial charge in [-0.3, -0.25) is 4.90 Å². The predicted octanol–water partition coefficient (Wildman–Crippen LogP) is 3.08. The van der Waals surface area contributed by atoms with Gasteiger partial charge in [0, 0.05) is 18.1 Å². The van der Waals surface area contributed by atoms with E-state index in [1.165, 1.54) is 5.56 Å². The average Bonchev–Trinajstić information content (AvgIpc) is 2.48. The maximum absolute atomic E-state index is 6.11. The third-order valence-corrected chi connectivity index (χ3v) is 4.34. The van der Waals surface area contributed by atoms with Crippen molar-refractivity contribution in [2.45, 2.75) is 52.1 Å². The molecule has 0 spiro atoms. The lowest BCUT2D eigenvalue weighted by Crippen LogP contribution is -2.56. The highest BCUT2D eigenvalue weighted by molar-refractivity contribution is 5.28. The summed E-state index contributed by atoms with van der Waals surface area (Å²) in [6, 6.07) is 8.86. The lowest BCUT2D eigenvalue weighted by molar-refractivity contribution is 0.0723.